The fraction of sp³-hybridized carbons (Fsp3) is 0.500. The molecule has 6 unspecified atom stereocenters. The molecule has 0 aromatic heterocycles. The number of hydrogen-bond acceptors (Lipinski definition) is 12. The van der Waals surface area contributed by atoms with E-state index in [2.05, 4.69) is 30.9 Å². The van der Waals surface area contributed by atoms with E-state index in [-0.39, 0.29) is 77.0 Å². The van der Waals surface area contributed by atoms with Gasteiger partial charge in [0.05, 0.1) is 51.8 Å². The van der Waals surface area contributed by atoms with E-state index in [1.54, 1.807) is 22.7 Å². The van der Waals surface area contributed by atoms with Gasteiger partial charge in [0.15, 0.2) is 0 Å². The Labute approximate surface area is 364 Å². The molecule has 3 aromatic rings. The highest BCUT2D eigenvalue weighted by atomic mass is 32.2. The number of benzene rings is 3. The Morgan fingerprint density at radius 2 is 1.70 bits per heavy atom. The standard InChI is InChI=1S/C48H62N2O10S/c1-3-26-58-48-44(50(47(54)55-2)22-27-56-28-25-53)33-42(49-59-34-35-14-6-4-7-15-35)40-31-36(16-10-12-23-51)39(19-11-13-24-52)45(46(40)48)41-32-37(20-21-43(41)60-48)57-29-30-61-38-17-8-5-9-18-38/h3-9,14-15,17-18,20-21,31-32,36,39,44-46,51-53H,1,10-13,16,19,22-30,33-34H2,2H3. The number of thioether (sulfide) groups is 1. The van der Waals surface area contributed by atoms with E-state index in [4.69, 9.17) is 33.7 Å². The summed E-state index contributed by atoms with van der Waals surface area (Å²) in [6.45, 7) is 5.29. The van der Waals surface area contributed by atoms with Crippen LogP contribution in [0, 0.1) is 17.8 Å². The maximum atomic E-state index is 14.0. The molecule has 61 heavy (non-hydrogen) atoms. The molecular weight excluding hydrogens is 797 g/mol. The third-order valence-electron chi connectivity index (χ3n) is 11.8. The first-order valence-corrected chi connectivity index (χ1v) is 22.5. The molecule has 1 heterocycles. The van der Waals surface area contributed by atoms with Crippen LogP contribution < -0.4 is 9.47 Å². The minimum Gasteiger partial charge on any atom is -0.493 e. The van der Waals surface area contributed by atoms with Crippen LogP contribution in [0.15, 0.2) is 113 Å². The molecule has 0 radical (unpaired) electrons. The van der Waals surface area contributed by atoms with Crippen LogP contribution in [0.2, 0.25) is 0 Å². The summed E-state index contributed by atoms with van der Waals surface area (Å²) >= 11 is 1.74. The molecule has 330 valence electrons. The summed E-state index contributed by atoms with van der Waals surface area (Å²) in [5.41, 5.74) is 3.55. The summed E-state index contributed by atoms with van der Waals surface area (Å²) in [5, 5.41) is 34.2. The number of carbonyl (C=O) groups excluding carboxylic acids is 1. The summed E-state index contributed by atoms with van der Waals surface area (Å²) in [6, 6.07) is 25.3. The molecule has 1 aliphatic heterocycles. The second kappa shape index (κ2) is 23.7. The predicted molar refractivity (Wildman–Crippen MR) is 236 cm³/mol. The van der Waals surface area contributed by atoms with Gasteiger partial charge in [-0.05, 0) is 79.0 Å². The van der Waals surface area contributed by atoms with Crippen molar-refractivity contribution in [2.45, 2.75) is 74.2 Å². The smallest absolute Gasteiger partial charge is 0.410 e. The molecule has 6 rings (SSSR count). The average molecular weight is 859 g/mol. The Morgan fingerprint density at radius 3 is 2.43 bits per heavy atom. The largest absolute Gasteiger partial charge is 0.493 e. The van der Waals surface area contributed by atoms with Gasteiger partial charge in [-0.25, -0.2) is 4.79 Å². The molecule has 3 aromatic carbocycles. The van der Waals surface area contributed by atoms with E-state index in [9.17, 15) is 20.1 Å². The normalized spacial score (nSPS) is 23.2. The molecule has 1 amide bonds. The van der Waals surface area contributed by atoms with Crippen LogP contribution in [0.1, 0.15) is 62.0 Å². The molecule has 0 bridgehead atoms. The van der Waals surface area contributed by atoms with Crippen molar-refractivity contribution in [3.63, 3.8) is 0 Å². The van der Waals surface area contributed by atoms with Gasteiger partial charge in [0.2, 0.25) is 5.79 Å². The lowest BCUT2D eigenvalue weighted by molar-refractivity contribution is -0.256. The van der Waals surface area contributed by atoms with Crippen molar-refractivity contribution in [3.8, 4) is 11.5 Å². The topological polar surface area (TPSA) is 149 Å². The van der Waals surface area contributed by atoms with E-state index >= 15 is 0 Å². The lowest BCUT2D eigenvalue weighted by Crippen LogP contribution is -2.70. The quantitative estimate of drug-likeness (QED) is 0.0332. The number of methoxy groups -OCH3 is 1. The SMILES string of the molecule is C=CCOC12Oc3ccc(OCCSc4ccccc4)cc3C3C(CCCCO)C(CCCCO)C=C(C(=NOCc4ccccc4)CC1N(CCOCCO)C(=O)OC)C32. The number of aliphatic hydroxyl groups excluding tert-OH is 3. The zero-order chi connectivity index (χ0) is 42.9. The van der Waals surface area contributed by atoms with Crippen LogP contribution in [-0.2, 0) is 25.7 Å². The number of aliphatic hydroxyl groups is 3. The summed E-state index contributed by atoms with van der Waals surface area (Å²) in [7, 11) is 1.35. The summed E-state index contributed by atoms with van der Waals surface area (Å²) in [4.78, 5) is 22.9. The number of allylic oxidation sites excluding steroid dienone is 1. The zero-order valence-electron chi connectivity index (χ0n) is 35.3. The van der Waals surface area contributed by atoms with Crippen molar-refractivity contribution < 1.29 is 48.6 Å². The minimum atomic E-state index is -1.44. The number of carbonyl (C=O) groups is 1. The maximum absolute atomic E-state index is 14.0. The molecule has 2 aliphatic carbocycles. The van der Waals surface area contributed by atoms with E-state index in [1.165, 1.54) is 12.0 Å². The van der Waals surface area contributed by atoms with Gasteiger partial charge in [0.25, 0.3) is 0 Å². The van der Waals surface area contributed by atoms with Crippen molar-refractivity contribution in [1.82, 2.24) is 4.90 Å². The molecule has 13 heteroatoms. The van der Waals surface area contributed by atoms with E-state index < -0.39 is 23.8 Å². The summed E-state index contributed by atoms with van der Waals surface area (Å²) in [5.74, 6) is 0.121. The van der Waals surface area contributed by atoms with Gasteiger partial charge >= 0.3 is 6.09 Å². The van der Waals surface area contributed by atoms with Gasteiger partial charge in [-0.15, -0.1) is 18.3 Å². The van der Waals surface area contributed by atoms with Crippen molar-refractivity contribution in [2.24, 2.45) is 22.9 Å². The van der Waals surface area contributed by atoms with Crippen LogP contribution in [-0.4, -0.2) is 110 Å². The Hall–Kier alpha value is -4.37. The van der Waals surface area contributed by atoms with Crippen molar-refractivity contribution in [2.75, 3.05) is 65.7 Å². The molecule has 1 fully saturated rings. The average Bonchev–Trinajstić information content (AvgIpc) is 3.29. The molecule has 3 aliphatic rings. The second-order valence-corrected chi connectivity index (χ2v) is 16.7. The predicted octanol–water partition coefficient (Wildman–Crippen LogP) is 7.77. The first-order valence-electron chi connectivity index (χ1n) is 21.6. The minimum absolute atomic E-state index is 0.0573. The molecular formula is C48H62N2O10S. The van der Waals surface area contributed by atoms with E-state index in [1.807, 2.05) is 60.7 Å². The second-order valence-electron chi connectivity index (χ2n) is 15.5. The highest BCUT2D eigenvalue weighted by Gasteiger charge is 2.65. The van der Waals surface area contributed by atoms with Crippen LogP contribution in [0.5, 0.6) is 11.5 Å². The number of ether oxygens (including phenoxy) is 5. The van der Waals surface area contributed by atoms with Gasteiger partial charge in [-0.2, -0.15) is 0 Å². The highest BCUT2D eigenvalue weighted by Crippen LogP contribution is 2.62. The number of nitrogens with zero attached hydrogens (tertiary/aromatic N) is 2. The molecule has 6 atom stereocenters. The van der Waals surface area contributed by atoms with Crippen LogP contribution in [0.4, 0.5) is 4.79 Å². The number of rotatable bonds is 25. The summed E-state index contributed by atoms with van der Waals surface area (Å²) < 4.78 is 31.9. The first-order chi connectivity index (χ1) is 30.0. The lowest BCUT2D eigenvalue weighted by Gasteiger charge is -2.59. The molecule has 3 N–H and O–H groups in total. The molecule has 1 saturated carbocycles. The van der Waals surface area contributed by atoms with Crippen molar-refractivity contribution >= 4 is 23.6 Å². The zero-order valence-corrected chi connectivity index (χ0v) is 36.1. The lowest BCUT2D eigenvalue weighted by atomic mass is 9.55. The first kappa shape index (κ1) is 46.1. The maximum Gasteiger partial charge on any atom is 0.410 e. The Balaban J connectivity index is 1.50. The Kier molecular flexibility index (Phi) is 18.0. The monoisotopic (exact) mass is 858 g/mol. The highest BCUT2D eigenvalue weighted by molar-refractivity contribution is 7.99. The number of fused-ring (bicyclic) bond motifs is 2. The van der Waals surface area contributed by atoms with Crippen LogP contribution in [0.25, 0.3) is 0 Å². The number of oxime groups is 1. The number of amides is 1. The molecule has 12 nitrogen and oxygen atoms in total. The fourth-order valence-corrected chi connectivity index (χ4v) is 9.91. The Bertz CT molecular complexity index is 1880. The van der Waals surface area contributed by atoms with Crippen molar-refractivity contribution in [1.29, 1.82) is 0 Å². The van der Waals surface area contributed by atoms with E-state index in [0.717, 1.165) is 53.9 Å². The van der Waals surface area contributed by atoms with E-state index in [0.29, 0.717) is 30.9 Å². The van der Waals surface area contributed by atoms with Gasteiger partial charge in [-0.3, -0.25) is 4.90 Å². The van der Waals surface area contributed by atoms with Gasteiger partial charge in [0, 0.05) is 48.3 Å². The Morgan fingerprint density at radius 1 is 0.951 bits per heavy atom. The van der Waals surface area contributed by atoms with Gasteiger partial charge in [-0.1, -0.05) is 78.7 Å². The third-order valence-corrected chi connectivity index (χ3v) is 12.7. The van der Waals surface area contributed by atoms with Crippen LogP contribution in [0.3, 0.4) is 0 Å². The van der Waals surface area contributed by atoms with Crippen LogP contribution >= 0.6 is 11.8 Å². The number of unbranched alkanes of at least 4 members (excludes halogenated alkanes) is 2. The van der Waals surface area contributed by atoms with Gasteiger partial charge in [0.1, 0.15) is 24.1 Å². The third kappa shape index (κ3) is 11.6. The number of hydrogen-bond donors (Lipinski definition) is 3. The molecule has 0 saturated heterocycles. The summed E-state index contributed by atoms with van der Waals surface area (Å²) in [6.07, 6.45) is 8.23. The van der Waals surface area contributed by atoms with Gasteiger partial charge < -0.3 is 43.8 Å². The molecule has 0 spiro atoms. The fourth-order valence-electron chi connectivity index (χ4n) is 9.15. The van der Waals surface area contributed by atoms with Crippen molar-refractivity contribution in [3.05, 3.63) is 114 Å².